The number of carbonyl (C=O) groups excluding carboxylic acids is 1. The van der Waals surface area contributed by atoms with Gasteiger partial charge in [-0.05, 0) is 76.1 Å². The fourth-order valence-electron chi connectivity index (χ4n) is 3.85. The summed E-state index contributed by atoms with van der Waals surface area (Å²) in [5.41, 5.74) is 24.4. The molecule has 0 spiro atoms. The number of benzene rings is 1. The summed E-state index contributed by atoms with van der Waals surface area (Å²) < 4.78 is 33.6. The number of nitrogens with zero attached hydrogens (tertiary/aromatic N) is 1. The smallest absolute Gasteiger partial charge is 0.234 e. The molecule has 2 rings (SSSR count). The lowest BCUT2D eigenvalue weighted by Gasteiger charge is -2.36. The molecule has 9 nitrogen and oxygen atoms in total. The van der Waals surface area contributed by atoms with Crippen LogP contribution in [0, 0.1) is 20.8 Å². The molecule has 1 aromatic carbocycles. The molecular formula is C20H33N5O4S. The Morgan fingerprint density at radius 3 is 2.27 bits per heavy atom. The number of hydrogen-bond donors (Lipinski definition) is 4. The minimum Gasteiger partial charge on any atom is -0.487 e. The van der Waals surface area contributed by atoms with Gasteiger partial charge in [-0.25, -0.2) is 8.42 Å². The van der Waals surface area contributed by atoms with Crippen LogP contribution >= 0.6 is 0 Å². The lowest BCUT2D eigenvalue weighted by molar-refractivity contribution is -0.119. The predicted octanol–water partition coefficient (Wildman–Crippen LogP) is 0.334. The normalized spacial score (nSPS) is 17.4. The first-order valence-electron chi connectivity index (χ1n) is 9.85. The van der Waals surface area contributed by atoms with Gasteiger partial charge in [-0.15, -0.1) is 0 Å². The van der Waals surface area contributed by atoms with E-state index in [1.165, 1.54) is 0 Å². The van der Waals surface area contributed by atoms with Crippen molar-refractivity contribution >= 4 is 21.7 Å². The van der Waals surface area contributed by atoms with Crippen molar-refractivity contribution < 1.29 is 17.9 Å². The molecule has 0 aliphatic carbocycles. The van der Waals surface area contributed by atoms with E-state index in [1.54, 1.807) is 13.8 Å². The molecule has 1 heterocycles. The van der Waals surface area contributed by atoms with Crippen LogP contribution in [0.5, 0.6) is 5.75 Å². The van der Waals surface area contributed by atoms with Crippen molar-refractivity contribution in [2.24, 2.45) is 27.9 Å². The largest absolute Gasteiger partial charge is 0.487 e. The number of hydrogen-bond acceptors (Lipinski definition) is 6. The first-order valence-corrected chi connectivity index (χ1v) is 11.4. The van der Waals surface area contributed by atoms with Crippen LogP contribution in [0.1, 0.15) is 48.9 Å². The molecule has 168 valence electrons. The summed E-state index contributed by atoms with van der Waals surface area (Å²) in [5, 5.41) is -1.10. The van der Waals surface area contributed by atoms with Gasteiger partial charge >= 0.3 is 0 Å². The van der Waals surface area contributed by atoms with Gasteiger partial charge in [-0.2, -0.15) is 0 Å². The summed E-state index contributed by atoms with van der Waals surface area (Å²) in [6.07, 6.45) is 1.29. The Labute approximate surface area is 178 Å². The second-order valence-electron chi connectivity index (χ2n) is 8.55. The van der Waals surface area contributed by atoms with E-state index in [2.05, 4.69) is 4.99 Å². The highest BCUT2D eigenvalue weighted by Crippen LogP contribution is 2.43. The van der Waals surface area contributed by atoms with Crippen molar-refractivity contribution in [1.29, 1.82) is 0 Å². The van der Waals surface area contributed by atoms with E-state index >= 15 is 0 Å². The van der Waals surface area contributed by atoms with Crippen molar-refractivity contribution in [3.8, 4) is 5.75 Å². The van der Waals surface area contributed by atoms with Crippen LogP contribution in [-0.4, -0.2) is 43.7 Å². The zero-order valence-electron chi connectivity index (χ0n) is 18.3. The molecule has 0 fully saturated rings. The number of carbonyl (C=O) groups is 1. The Balaban J connectivity index is 2.65. The number of primary amides is 1. The van der Waals surface area contributed by atoms with Crippen LogP contribution in [0.4, 0.5) is 0 Å². The molecule has 8 N–H and O–H groups in total. The number of rotatable bonds is 7. The maximum atomic E-state index is 13.7. The van der Waals surface area contributed by atoms with Gasteiger partial charge < -0.3 is 27.7 Å². The van der Waals surface area contributed by atoms with Crippen molar-refractivity contribution in [2.75, 3.05) is 6.54 Å². The molecule has 1 aliphatic rings. The molecule has 1 aliphatic heterocycles. The fourth-order valence-corrected chi connectivity index (χ4v) is 6.04. The molecule has 1 amide bonds. The standard InChI is InChI=1S/C20H33N5O4S/c1-10-11(2)17(12(3)14-6-7-20(4,5)29-16(10)14)30(27,28)13(9-25-19(23)24)8-15(21)18(22)26/h13,15H,6-9,21H2,1-5H3,(H2,22,26)(H4,23,24,25)/t13?,15-/m0/s1. The van der Waals surface area contributed by atoms with Gasteiger partial charge in [0.25, 0.3) is 0 Å². The van der Waals surface area contributed by atoms with E-state index in [0.29, 0.717) is 17.5 Å². The Kier molecular flexibility index (Phi) is 6.72. The van der Waals surface area contributed by atoms with Crippen molar-refractivity contribution in [2.45, 2.75) is 75.7 Å². The molecule has 1 unspecified atom stereocenters. The van der Waals surface area contributed by atoms with Crippen LogP contribution < -0.4 is 27.7 Å². The summed E-state index contributed by atoms with van der Waals surface area (Å²) in [5.74, 6) is -0.283. The van der Waals surface area contributed by atoms with E-state index in [-0.39, 0.29) is 29.4 Å². The highest BCUT2D eigenvalue weighted by molar-refractivity contribution is 7.92. The van der Waals surface area contributed by atoms with E-state index < -0.39 is 27.0 Å². The maximum absolute atomic E-state index is 13.7. The quantitative estimate of drug-likeness (QED) is 0.349. The Morgan fingerprint density at radius 2 is 1.73 bits per heavy atom. The summed E-state index contributed by atoms with van der Waals surface area (Å²) >= 11 is 0. The average molecular weight is 440 g/mol. The minimum absolute atomic E-state index is 0.188. The van der Waals surface area contributed by atoms with Crippen LogP contribution in [0.15, 0.2) is 9.89 Å². The molecular weight excluding hydrogens is 406 g/mol. The molecule has 0 bridgehead atoms. The van der Waals surface area contributed by atoms with Gasteiger partial charge in [0.15, 0.2) is 15.8 Å². The molecule has 10 heteroatoms. The van der Waals surface area contributed by atoms with E-state index in [1.807, 2.05) is 20.8 Å². The van der Waals surface area contributed by atoms with Crippen molar-refractivity contribution in [3.05, 3.63) is 22.3 Å². The molecule has 1 aromatic rings. The van der Waals surface area contributed by atoms with Crippen molar-refractivity contribution in [3.63, 3.8) is 0 Å². The van der Waals surface area contributed by atoms with Gasteiger partial charge in [0.05, 0.1) is 22.7 Å². The third-order valence-electron chi connectivity index (χ3n) is 5.75. The SMILES string of the molecule is Cc1c(C)c(S(=O)(=O)C(CN=C(N)N)C[C@H](N)C(N)=O)c(C)c2c1OC(C)(C)CC2. The van der Waals surface area contributed by atoms with E-state index in [4.69, 9.17) is 27.7 Å². The zero-order chi connectivity index (χ0) is 23.0. The van der Waals surface area contributed by atoms with E-state index in [9.17, 15) is 13.2 Å². The first-order chi connectivity index (χ1) is 13.7. The Hall–Kier alpha value is -2.33. The number of nitrogens with two attached hydrogens (primary N) is 4. The molecule has 0 aromatic heterocycles. The average Bonchev–Trinajstić information content (AvgIpc) is 2.61. The monoisotopic (exact) mass is 439 g/mol. The summed E-state index contributed by atoms with van der Waals surface area (Å²) in [4.78, 5) is 15.6. The van der Waals surface area contributed by atoms with Crippen LogP contribution in [-0.2, 0) is 21.1 Å². The number of amides is 1. The van der Waals surface area contributed by atoms with Crippen molar-refractivity contribution in [1.82, 2.24) is 0 Å². The van der Waals surface area contributed by atoms with Gasteiger partial charge in [-0.1, -0.05) is 0 Å². The predicted molar refractivity (Wildman–Crippen MR) is 117 cm³/mol. The second kappa shape index (κ2) is 8.43. The van der Waals surface area contributed by atoms with Gasteiger partial charge in [-0.3, -0.25) is 9.79 Å². The third-order valence-corrected chi connectivity index (χ3v) is 8.15. The third kappa shape index (κ3) is 4.70. The molecule has 2 atom stereocenters. The molecule has 0 saturated carbocycles. The van der Waals surface area contributed by atoms with Crippen LogP contribution in [0.25, 0.3) is 0 Å². The zero-order valence-corrected chi connectivity index (χ0v) is 19.1. The van der Waals surface area contributed by atoms with Gasteiger partial charge in [0.2, 0.25) is 5.91 Å². The maximum Gasteiger partial charge on any atom is 0.234 e. The topological polar surface area (TPSA) is 177 Å². The Morgan fingerprint density at radius 1 is 1.13 bits per heavy atom. The fraction of sp³-hybridized carbons (Fsp3) is 0.600. The molecule has 0 saturated heterocycles. The summed E-state index contributed by atoms with van der Waals surface area (Å²) in [6, 6.07) is -1.14. The highest BCUT2D eigenvalue weighted by Gasteiger charge is 2.37. The number of guanidine groups is 1. The highest BCUT2D eigenvalue weighted by atomic mass is 32.2. The van der Waals surface area contributed by atoms with Gasteiger partial charge in [0, 0.05) is 0 Å². The lowest BCUT2D eigenvalue weighted by Crippen LogP contribution is -2.42. The number of aliphatic imine (C=N–C) groups is 1. The molecule has 0 radical (unpaired) electrons. The van der Waals surface area contributed by atoms with E-state index in [0.717, 1.165) is 23.3 Å². The second-order valence-corrected chi connectivity index (χ2v) is 10.7. The van der Waals surface area contributed by atoms with Crippen LogP contribution in [0.3, 0.4) is 0 Å². The minimum atomic E-state index is -3.93. The lowest BCUT2D eigenvalue weighted by atomic mass is 9.88. The number of sulfone groups is 1. The Bertz CT molecular complexity index is 982. The van der Waals surface area contributed by atoms with Crippen LogP contribution in [0.2, 0.25) is 0 Å². The number of ether oxygens (including phenoxy) is 1. The summed E-state index contributed by atoms with van der Waals surface area (Å²) in [7, 11) is -3.93. The molecule has 30 heavy (non-hydrogen) atoms. The van der Waals surface area contributed by atoms with Gasteiger partial charge in [0.1, 0.15) is 11.4 Å². The number of fused-ring (bicyclic) bond motifs is 1. The first kappa shape index (κ1) is 23.9. The summed E-state index contributed by atoms with van der Waals surface area (Å²) in [6.45, 7) is 9.21.